The van der Waals surface area contributed by atoms with Gasteiger partial charge in [0, 0.05) is 12.3 Å². The van der Waals surface area contributed by atoms with Gasteiger partial charge >= 0.3 is 4.70 Å². The minimum atomic E-state index is -0.889. The third-order valence-electron chi connectivity index (χ3n) is 0.847. The number of hydrogen-bond donors (Lipinski definition) is 0. The Bertz CT molecular complexity index is 224. The number of ether oxygens (including phenoxy) is 1. The quantitative estimate of drug-likeness (QED) is 0.666. The average Bonchev–Trinajstić information content (AvgIpc) is 2.05. The summed E-state index contributed by atoms with van der Waals surface area (Å²) in [5, 5.41) is 0. The van der Waals surface area contributed by atoms with Crippen LogP contribution in [0, 0.1) is 0 Å². The van der Waals surface area contributed by atoms with Gasteiger partial charge in [-0.25, -0.2) is 4.98 Å². The molecule has 0 saturated heterocycles. The van der Waals surface area contributed by atoms with Crippen molar-refractivity contribution in [3.8, 4) is 5.88 Å². The zero-order valence-corrected chi connectivity index (χ0v) is 7.84. The predicted molar refractivity (Wildman–Crippen MR) is 47.9 cm³/mol. The number of carbonyl (C=O) groups excluding carboxylic acids is 1. The van der Waals surface area contributed by atoms with E-state index in [-0.39, 0.29) is 0 Å². The molecular weight excluding hydrogens is 201 g/mol. The van der Waals surface area contributed by atoms with E-state index in [2.05, 4.69) is 28.2 Å². The van der Waals surface area contributed by atoms with E-state index in [0.29, 0.717) is 5.88 Å². The normalized spacial score (nSPS) is 7.92. The molecule has 66 valence electrons. The molecule has 0 radical (unpaired) electrons. The Morgan fingerprint density at radius 1 is 1.50 bits per heavy atom. The molecule has 0 unspecified atom stereocenters. The molecule has 0 aromatic carbocycles. The number of pyridine rings is 1. The Morgan fingerprint density at radius 2 is 2.08 bits per heavy atom. The lowest BCUT2D eigenvalue weighted by Gasteiger charge is -1.92. The summed E-state index contributed by atoms with van der Waals surface area (Å²) in [6, 6.07) is 5.54. The highest BCUT2D eigenvalue weighted by molar-refractivity contribution is 6.93. The summed E-state index contributed by atoms with van der Waals surface area (Å²) in [6.07, 6.45) is 1.69. The molecule has 0 spiro atoms. The molecule has 0 atom stereocenters. The minimum absolute atomic E-state index is 0.660. The summed E-state index contributed by atoms with van der Waals surface area (Å²) in [5.41, 5.74) is 0. The van der Waals surface area contributed by atoms with Gasteiger partial charge in [0.1, 0.15) is 0 Å². The van der Waals surface area contributed by atoms with Crippen molar-refractivity contribution >= 4 is 27.9 Å². The Morgan fingerprint density at radius 3 is 2.33 bits per heavy atom. The SMILES string of the molecule is COc1ccccn1.O=C(Cl)Cl. The lowest BCUT2D eigenvalue weighted by atomic mass is 10.5. The van der Waals surface area contributed by atoms with E-state index in [1.165, 1.54) is 0 Å². The van der Waals surface area contributed by atoms with Gasteiger partial charge < -0.3 is 4.74 Å². The lowest BCUT2D eigenvalue weighted by molar-refractivity contribution is 0.275. The first kappa shape index (κ1) is 11.2. The maximum Gasteiger partial charge on any atom is 0.313 e. The molecule has 0 bridgehead atoms. The summed E-state index contributed by atoms with van der Waals surface area (Å²) in [5.74, 6) is 0.660. The summed E-state index contributed by atoms with van der Waals surface area (Å²) < 4.78 is 3.91. The van der Waals surface area contributed by atoms with Gasteiger partial charge in [-0.05, 0) is 29.3 Å². The van der Waals surface area contributed by atoms with Gasteiger partial charge in [-0.1, -0.05) is 6.07 Å². The van der Waals surface area contributed by atoms with Crippen LogP contribution in [0.4, 0.5) is 4.79 Å². The second-order valence-electron chi connectivity index (χ2n) is 1.60. The summed E-state index contributed by atoms with van der Waals surface area (Å²) in [7, 11) is 1.60. The molecule has 1 aromatic rings. The third kappa shape index (κ3) is 7.31. The van der Waals surface area contributed by atoms with Crippen molar-refractivity contribution in [1.29, 1.82) is 0 Å². The number of methoxy groups -OCH3 is 1. The molecule has 3 nitrogen and oxygen atoms in total. The highest BCUT2D eigenvalue weighted by atomic mass is 35.5. The second kappa shape index (κ2) is 6.88. The summed E-state index contributed by atoms with van der Waals surface area (Å²) >= 11 is 8.80. The summed E-state index contributed by atoms with van der Waals surface area (Å²) in [4.78, 5) is 12.9. The number of nitrogens with zero attached hydrogens (tertiary/aromatic N) is 1. The second-order valence-corrected chi connectivity index (χ2v) is 2.48. The molecule has 0 aliphatic heterocycles. The number of rotatable bonds is 1. The number of halogens is 2. The van der Waals surface area contributed by atoms with Crippen LogP contribution in [0.2, 0.25) is 0 Å². The van der Waals surface area contributed by atoms with E-state index < -0.39 is 4.70 Å². The molecule has 0 aliphatic rings. The number of hydrogen-bond acceptors (Lipinski definition) is 3. The fourth-order valence-electron chi connectivity index (χ4n) is 0.468. The van der Waals surface area contributed by atoms with Crippen LogP contribution in [0.1, 0.15) is 0 Å². The molecule has 0 saturated carbocycles. The standard InChI is InChI=1S/C6H7NO.CCl2O/c1-8-6-4-2-3-5-7-6;2-1(3)4/h2-5H,1H3;. The van der Waals surface area contributed by atoms with Crippen LogP contribution >= 0.6 is 23.2 Å². The molecule has 1 aromatic heterocycles. The van der Waals surface area contributed by atoms with Gasteiger partial charge in [-0.2, -0.15) is 0 Å². The Kier molecular flexibility index (Phi) is 6.42. The van der Waals surface area contributed by atoms with E-state index in [1.54, 1.807) is 19.4 Å². The maximum absolute atomic E-state index is 8.98. The van der Waals surface area contributed by atoms with Crippen molar-refractivity contribution < 1.29 is 9.53 Å². The van der Waals surface area contributed by atoms with Gasteiger partial charge in [0.05, 0.1) is 7.11 Å². The number of carbonyl (C=O) groups is 1. The van der Waals surface area contributed by atoms with Gasteiger partial charge in [0.25, 0.3) is 0 Å². The third-order valence-corrected chi connectivity index (χ3v) is 0.847. The molecule has 12 heavy (non-hydrogen) atoms. The first-order valence-corrected chi connectivity index (χ1v) is 3.72. The van der Waals surface area contributed by atoms with Crippen molar-refractivity contribution in [2.75, 3.05) is 7.11 Å². The van der Waals surface area contributed by atoms with Crippen LogP contribution in [-0.4, -0.2) is 16.8 Å². The molecule has 0 amide bonds. The highest BCUT2D eigenvalue weighted by Gasteiger charge is 1.82. The Hall–Kier alpha value is -0.800. The van der Waals surface area contributed by atoms with E-state index in [1.807, 2.05) is 12.1 Å². The van der Waals surface area contributed by atoms with Gasteiger partial charge in [-0.15, -0.1) is 0 Å². The van der Waals surface area contributed by atoms with Crippen LogP contribution in [0.25, 0.3) is 0 Å². The smallest absolute Gasteiger partial charge is 0.313 e. The monoisotopic (exact) mass is 207 g/mol. The van der Waals surface area contributed by atoms with Crippen LogP contribution < -0.4 is 4.74 Å². The Balaban J connectivity index is 0.000000261. The van der Waals surface area contributed by atoms with Crippen molar-refractivity contribution in [3.63, 3.8) is 0 Å². The van der Waals surface area contributed by atoms with Crippen molar-refractivity contribution in [2.45, 2.75) is 0 Å². The van der Waals surface area contributed by atoms with E-state index in [9.17, 15) is 0 Å². The molecule has 1 heterocycles. The number of aromatic nitrogens is 1. The highest BCUT2D eigenvalue weighted by Crippen LogP contribution is 1.99. The fourth-order valence-corrected chi connectivity index (χ4v) is 0.468. The fraction of sp³-hybridized carbons (Fsp3) is 0.143. The van der Waals surface area contributed by atoms with Gasteiger partial charge in [0.15, 0.2) is 0 Å². The predicted octanol–water partition coefficient (Wildman–Crippen LogP) is 2.67. The zero-order chi connectivity index (χ0) is 9.40. The van der Waals surface area contributed by atoms with E-state index in [4.69, 9.17) is 9.53 Å². The lowest BCUT2D eigenvalue weighted by Crippen LogP contribution is -1.83. The molecular formula is C7H7Cl2NO2. The molecule has 1 rings (SSSR count). The summed E-state index contributed by atoms with van der Waals surface area (Å²) in [6.45, 7) is 0. The largest absolute Gasteiger partial charge is 0.481 e. The van der Waals surface area contributed by atoms with Crippen molar-refractivity contribution in [2.24, 2.45) is 0 Å². The van der Waals surface area contributed by atoms with Gasteiger partial charge in [0.2, 0.25) is 5.88 Å². The first-order chi connectivity index (χ1) is 5.66. The van der Waals surface area contributed by atoms with Crippen LogP contribution in [0.5, 0.6) is 5.88 Å². The van der Waals surface area contributed by atoms with E-state index >= 15 is 0 Å². The molecule has 5 heteroatoms. The zero-order valence-electron chi connectivity index (χ0n) is 6.33. The van der Waals surface area contributed by atoms with Crippen molar-refractivity contribution in [3.05, 3.63) is 24.4 Å². The van der Waals surface area contributed by atoms with Gasteiger partial charge in [-0.3, -0.25) is 4.79 Å². The molecule has 0 N–H and O–H groups in total. The Labute approximate surface area is 80.3 Å². The van der Waals surface area contributed by atoms with Crippen LogP contribution in [0.3, 0.4) is 0 Å². The molecule has 0 aliphatic carbocycles. The average molecular weight is 208 g/mol. The van der Waals surface area contributed by atoms with Crippen molar-refractivity contribution in [1.82, 2.24) is 4.98 Å². The maximum atomic E-state index is 8.98. The molecule has 0 fully saturated rings. The van der Waals surface area contributed by atoms with E-state index in [0.717, 1.165) is 0 Å². The topological polar surface area (TPSA) is 39.2 Å². The van der Waals surface area contributed by atoms with Crippen LogP contribution in [-0.2, 0) is 0 Å². The van der Waals surface area contributed by atoms with Crippen LogP contribution in [0.15, 0.2) is 24.4 Å². The first-order valence-electron chi connectivity index (χ1n) is 2.96. The minimum Gasteiger partial charge on any atom is -0.481 e.